The summed E-state index contributed by atoms with van der Waals surface area (Å²) < 4.78 is 28.1. The Kier molecular flexibility index (Phi) is 3.61. The summed E-state index contributed by atoms with van der Waals surface area (Å²) in [5.74, 6) is -0.633. The predicted octanol–water partition coefficient (Wildman–Crippen LogP) is 2.81. The number of rotatable bonds is 3. The average molecular weight is 356 g/mol. The molecular weight excluding hydrogens is 336 g/mol. The summed E-state index contributed by atoms with van der Waals surface area (Å²) in [7, 11) is -3.75. The van der Waals surface area contributed by atoms with Gasteiger partial charge in [0.2, 0.25) is 5.91 Å². The standard InChI is InChI=1S/C19H20N2O3S/c20-18(22)14-6-5-7-15(12-14)25(23,24)21-13-19(10-3-4-11-19)16-8-1-2-9-17(16)21/h1-2,5-9,12H,3-4,10-11,13H2,(H2,20,22). The van der Waals surface area contributed by atoms with Crippen molar-refractivity contribution >= 4 is 21.6 Å². The lowest BCUT2D eigenvalue weighted by Gasteiger charge is -2.25. The largest absolute Gasteiger partial charge is 0.366 e. The number of anilines is 1. The molecule has 0 atom stereocenters. The number of para-hydroxylation sites is 1. The molecule has 2 aromatic carbocycles. The highest BCUT2D eigenvalue weighted by molar-refractivity contribution is 7.92. The zero-order valence-corrected chi connectivity index (χ0v) is 14.6. The predicted molar refractivity (Wildman–Crippen MR) is 96.1 cm³/mol. The van der Waals surface area contributed by atoms with Crippen molar-refractivity contribution in [2.75, 3.05) is 10.8 Å². The van der Waals surface area contributed by atoms with E-state index < -0.39 is 15.9 Å². The molecule has 2 aliphatic rings. The number of hydrogen-bond donors (Lipinski definition) is 1. The molecule has 1 aliphatic heterocycles. The minimum atomic E-state index is -3.75. The number of amides is 1. The summed E-state index contributed by atoms with van der Waals surface area (Å²) in [6, 6.07) is 13.7. The van der Waals surface area contributed by atoms with Gasteiger partial charge in [0, 0.05) is 17.5 Å². The van der Waals surface area contributed by atoms with Crippen LogP contribution >= 0.6 is 0 Å². The van der Waals surface area contributed by atoms with E-state index in [-0.39, 0.29) is 15.9 Å². The summed E-state index contributed by atoms with van der Waals surface area (Å²) in [6.45, 7) is 0.468. The topological polar surface area (TPSA) is 80.5 Å². The second-order valence-corrected chi connectivity index (χ2v) is 8.77. The fraction of sp³-hybridized carbons (Fsp3) is 0.316. The van der Waals surface area contributed by atoms with Crippen LogP contribution in [0, 0.1) is 0 Å². The number of nitrogens with two attached hydrogens (primary N) is 1. The lowest BCUT2D eigenvalue weighted by Crippen LogP contribution is -2.35. The number of sulfonamides is 1. The van der Waals surface area contributed by atoms with Gasteiger partial charge in [0.1, 0.15) is 0 Å². The molecule has 1 heterocycles. The number of carbonyl (C=O) groups is 1. The van der Waals surface area contributed by atoms with Crippen molar-refractivity contribution in [2.45, 2.75) is 36.0 Å². The molecule has 0 bridgehead atoms. The van der Waals surface area contributed by atoms with Crippen LogP contribution in [0.2, 0.25) is 0 Å². The summed E-state index contributed by atoms with van der Waals surface area (Å²) in [5, 5.41) is 0. The van der Waals surface area contributed by atoms with Crippen LogP contribution in [-0.2, 0) is 15.4 Å². The van der Waals surface area contributed by atoms with Gasteiger partial charge < -0.3 is 5.73 Å². The molecule has 4 rings (SSSR count). The fourth-order valence-corrected chi connectivity index (χ4v) is 5.83. The van der Waals surface area contributed by atoms with Gasteiger partial charge in [0.05, 0.1) is 10.6 Å². The highest BCUT2D eigenvalue weighted by Gasteiger charge is 2.47. The third kappa shape index (κ3) is 2.43. The minimum Gasteiger partial charge on any atom is -0.366 e. The van der Waals surface area contributed by atoms with Gasteiger partial charge in [-0.15, -0.1) is 0 Å². The van der Waals surface area contributed by atoms with E-state index in [0.29, 0.717) is 6.54 Å². The van der Waals surface area contributed by atoms with Crippen LogP contribution in [-0.4, -0.2) is 20.9 Å². The van der Waals surface area contributed by atoms with Crippen molar-refractivity contribution in [3.05, 3.63) is 59.7 Å². The number of primary amides is 1. The molecule has 0 radical (unpaired) electrons. The van der Waals surface area contributed by atoms with Crippen molar-refractivity contribution in [3.63, 3.8) is 0 Å². The van der Waals surface area contributed by atoms with Gasteiger partial charge in [0.15, 0.2) is 0 Å². The van der Waals surface area contributed by atoms with E-state index in [9.17, 15) is 13.2 Å². The quantitative estimate of drug-likeness (QED) is 0.918. The van der Waals surface area contributed by atoms with Gasteiger partial charge in [-0.3, -0.25) is 9.10 Å². The summed E-state index contributed by atoms with van der Waals surface area (Å²) in [6.07, 6.45) is 4.27. The lowest BCUT2D eigenvalue weighted by atomic mass is 9.81. The molecule has 6 heteroatoms. The number of nitrogens with zero attached hydrogens (tertiary/aromatic N) is 1. The number of benzene rings is 2. The van der Waals surface area contributed by atoms with Gasteiger partial charge in [-0.05, 0) is 42.7 Å². The van der Waals surface area contributed by atoms with Gasteiger partial charge >= 0.3 is 0 Å². The molecule has 130 valence electrons. The highest BCUT2D eigenvalue weighted by Crippen LogP contribution is 2.51. The van der Waals surface area contributed by atoms with E-state index >= 15 is 0 Å². The van der Waals surface area contributed by atoms with Gasteiger partial charge in [-0.2, -0.15) is 0 Å². The van der Waals surface area contributed by atoms with Gasteiger partial charge in [-0.25, -0.2) is 8.42 Å². The summed E-state index contributed by atoms with van der Waals surface area (Å²) in [5.41, 5.74) is 7.31. The summed E-state index contributed by atoms with van der Waals surface area (Å²) in [4.78, 5) is 11.5. The molecule has 0 aromatic heterocycles. The Morgan fingerprint density at radius 2 is 1.76 bits per heavy atom. The second kappa shape index (κ2) is 5.59. The zero-order chi connectivity index (χ0) is 17.7. The first-order valence-corrected chi connectivity index (χ1v) is 9.90. The average Bonchev–Trinajstić information content (AvgIpc) is 3.22. The maximum Gasteiger partial charge on any atom is 0.264 e. The highest BCUT2D eigenvalue weighted by atomic mass is 32.2. The van der Waals surface area contributed by atoms with Crippen LogP contribution in [0.25, 0.3) is 0 Å². The first-order valence-electron chi connectivity index (χ1n) is 8.46. The van der Waals surface area contributed by atoms with E-state index in [1.165, 1.54) is 22.5 Å². The van der Waals surface area contributed by atoms with Crippen LogP contribution in [0.4, 0.5) is 5.69 Å². The van der Waals surface area contributed by atoms with Gasteiger partial charge in [0.25, 0.3) is 10.0 Å². The molecule has 1 spiro atoms. The number of hydrogen-bond acceptors (Lipinski definition) is 3. The first-order chi connectivity index (χ1) is 11.9. The molecule has 5 nitrogen and oxygen atoms in total. The Balaban J connectivity index is 1.82. The van der Waals surface area contributed by atoms with Crippen LogP contribution < -0.4 is 10.0 Å². The van der Waals surface area contributed by atoms with Crippen LogP contribution in [0.1, 0.15) is 41.6 Å². The molecule has 0 unspecified atom stereocenters. The molecule has 2 aromatic rings. The normalized spacial score (nSPS) is 18.5. The number of fused-ring (bicyclic) bond motifs is 2. The van der Waals surface area contributed by atoms with Crippen molar-refractivity contribution in [3.8, 4) is 0 Å². The molecule has 1 saturated carbocycles. The zero-order valence-electron chi connectivity index (χ0n) is 13.8. The van der Waals surface area contributed by atoms with Crippen LogP contribution in [0.5, 0.6) is 0 Å². The Hall–Kier alpha value is -2.34. The number of carbonyl (C=O) groups excluding carboxylic acids is 1. The fourth-order valence-electron chi connectivity index (χ4n) is 4.22. The minimum absolute atomic E-state index is 0.0784. The van der Waals surface area contributed by atoms with E-state index in [0.717, 1.165) is 36.9 Å². The lowest BCUT2D eigenvalue weighted by molar-refractivity contribution is 0.1000. The van der Waals surface area contributed by atoms with Crippen LogP contribution in [0.15, 0.2) is 53.4 Å². The second-order valence-electron chi connectivity index (χ2n) is 6.91. The van der Waals surface area contributed by atoms with E-state index in [2.05, 4.69) is 6.07 Å². The van der Waals surface area contributed by atoms with Crippen molar-refractivity contribution in [1.82, 2.24) is 0 Å². The Morgan fingerprint density at radius 3 is 2.48 bits per heavy atom. The molecule has 2 N–H and O–H groups in total. The molecule has 1 amide bonds. The molecule has 0 saturated heterocycles. The van der Waals surface area contributed by atoms with E-state index in [4.69, 9.17) is 5.73 Å². The molecular formula is C19H20N2O3S. The maximum atomic E-state index is 13.3. The third-order valence-corrected chi connectivity index (χ3v) is 7.21. The maximum absolute atomic E-state index is 13.3. The SMILES string of the molecule is NC(=O)c1cccc(S(=O)(=O)N2CC3(CCCC3)c3ccccc32)c1. The van der Waals surface area contributed by atoms with E-state index in [1.807, 2.05) is 18.2 Å². The van der Waals surface area contributed by atoms with Crippen molar-refractivity contribution in [1.29, 1.82) is 0 Å². The molecule has 1 fully saturated rings. The Bertz CT molecular complexity index is 947. The van der Waals surface area contributed by atoms with E-state index in [1.54, 1.807) is 6.07 Å². The Morgan fingerprint density at radius 1 is 1.04 bits per heavy atom. The monoisotopic (exact) mass is 356 g/mol. The summed E-state index contributed by atoms with van der Waals surface area (Å²) >= 11 is 0. The molecule has 1 aliphatic carbocycles. The van der Waals surface area contributed by atoms with Gasteiger partial charge in [-0.1, -0.05) is 37.1 Å². The first kappa shape index (κ1) is 16.1. The molecule has 25 heavy (non-hydrogen) atoms. The van der Waals surface area contributed by atoms with Crippen molar-refractivity contribution in [2.24, 2.45) is 5.73 Å². The van der Waals surface area contributed by atoms with Crippen LogP contribution in [0.3, 0.4) is 0 Å². The van der Waals surface area contributed by atoms with Crippen molar-refractivity contribution < 1.29 is 13.2 Å². The Labute approximate surface area is 147 Å². The smallest absolute Gasteiger partial charge is 0.264 e. The third-order valence-electron chi connectivity index (χ3n) is 5.46.